The quantitative estimate of drug-likeness (QED) is 0.827. The minimum absolute atomic E-state index is 0.232. The second-order valence-electron chi connectivity index (χ2n) is 4.66. The molecule has 0 saturated heterocycles. The molecule has 0 atom stereocenters. The molecule has 0 bridgehead atoms. The van der Waals surface area contributed by atoms with E-state index in [1.54, 1.807) is 24.3 Å². The van der Waals surface area contributed by atoms with Gasteiger partial charge in [0.15, 0.2) is 5.82 Å². The van der Waals surface area contributed by atoms with Gasteiger partial charge in [-0.1, -0.05) is 18.2 Å². The van der Waals surface area contributed by atoms with Crippen molar-refractivity contribution in [3.8, 4) is 5.75 Å². The van der Waals surface area contributed by atoms with Crippen LogP contribution in [0.4, 0.5) is 8.78 Å². The molecule has 0 radical (unpaired) electrons. The van der Waals surface area contributed by atoms with Gasteiger partial charge in [-0.25, -0.2) is 21.9 Å². The standard InChI is InChI=1S/C15H13F2NO5S/c1-23-11-5-3-2-4-9(11)8-18-24(21,22)12-7-6-10(16)13(14(12)17)15(19)20/h2-7,18H,8H2,1H3,(H,19,20)/p-1. The zero-order valence-electron chi connectivity index (χ0n) is 12.4. The van der Waals surface area contributed by atoms with Crippen molar-refractivity contribution in [2.24, 2.45) is 0 Å². The fraction of sp³-hybridized carbons (Fsp3) is 0.133. The van der Waals surface area contributed by atoms with Gasteiger partial charge in [-0.2, -0.15) is 0 Å². The number of hydrogen-bond acceptors (Lipinski definition) is 5. The number of nitrogens with one attached hydrogen (secondary N) is 1. The molecule has 0 aliphatic heterocycles. The van der Waals surface area contributed by atoms with Gasteiger partial charge < -0.3 is 14.6 Å². The molecule has 2 aromatic carbocycles. The van der Waals surface area contributed by atoms with E-state index in [0.29, 0.717) is 23.4 Å². The summed E-state index contributed by atoms with van der Waals surface area (Å²) in [5, 5.41) is 10.8. The number of carboxylic acids is 1. The van der Waals surface area contributed by atoms with Crippen LogP contribution in [0.5, 0.6) is 5.75 Å². The monoisotopic (exact) mass is 356 g/mol. The van der Waals surface area contributed by atoms with Crippen LogP contribution in [0.2, 0.25) is 0 Å². The maximum atomic E-state index is 14.0. The van der Waals surface area contributed by atoms with E-state index < -0.39 is 38.1 Å². The van der Waals surface area contributed by atoms with E-state index >= 15 is 0 Å². The highest BCUT2D eigenvalue weighted by Gasteiger charge is 2.24. The molecule has 2 aromatic rings. The zero-order valence-corrected chi connectivity index (χ0v) is 13.2. The third-order valence-corrected chi connectivity index (χ3v) is 4.61. The van der Waals surface area contributed by atoms with Crippen LogP contribution in [0.1, 0.15) is 15.9 Å². The molecule has 0 heterocycles. The van der Waals surface area contributed by atoms with Crippen LogP contribution in [0.15, 0.2) is 41.3 Å². The van der Waals surface area contributed by atoms with Gasteiger partial charge in [0, 0.05) is 12.1 Å². The summed E-state index contributed by atoms with van der Waals surface area (Å²) in [6.45, 7) is -0.232. The number of rotatable bonds is 6. The van der Waals surface area contributed by atoms with Gasteiger partial charge in [-0.15, -0.1) is 0 Å². The molecule has 0 spiro atoms. The van der Waals surface area contributed by atoms with Crippen LogP contribution in [-0.2, 0) is 16.6 Å². The van der Waals surface area contributed by atoms with Crippen molar-refractivity contribution in [1.82, 2.24) is 4.72 Å². The van der Waals surface area contributed by atoms with Crippen molar-refractivity contribution in [1.29, 1.82) is 0 Å². The summed E-state index contributed by atoms with van der Waals surface area (Å²) < 4.78 is 58.9. The molecule has 24 heavy (non-hydrogen) atoms. The van der Waals surface area contributed by atoms with Crippen LogP contribution in [-0.4, -0.2) is 21.5 Å². The fourth-order valence-corrected chi connectivity index (χ4v) is 3.11. The molecule has 9 heteroatoms. The number of carbonyl (C=O) groups is 1. The molecule has 0 fully saturated rings. The number of halogens is 2. The SMILES string of the molecule is COc1ccccc1CNS(=O)(=O)c1ccc(F)c(C(=O)[O-])c1F. The van der Waals surface area contributed by atoms with Crippen LogP contribution in [0.3, 0.4) is 0 Å². The summed E-state index contributed by atoms with van der Waals surface area (Å²) in [5.41, 5.74) is -0.957. The first-order chi connectivity index (χ1) is 11.3. The Bertz CT molecular complexity index is 883. The van der Waals surface area contributed by atoms with E-state index in [0.717, 1.165) is 0 Å². The average molecular weight is 356 g/mol. The van der Waals surface area contributed by atoms with E-state index in [9.17, 15) is 27.1 Å². The summed E-state index contributed by atoms with van der Waals surface area (Å²) >= 11 is 0. The highest BCUT2D eigenvalue weighted by molar-refractivity contribution is 7.89. The maximum Gasteiger partial charge on any atom is 0.243 e. The molecule has 0 amide bonds. The Morgan fingerprint density at radius 1 is 1.21 bits per heavy atom. The van der Waals surface area contributed by atoms with E-state index in [-0.39, 0.29) is 6.54 Å². The first kappa shape index (κ1) is 17.8. The molecular formula is C15H12F2NO5S-. The minimum Gasteiger partial charge on any atom is -0.545 e. The Balaban J connectivity index is 2.35. The Labute approximate surface area is 136 Å². The summed E-state index contributed by atoms with van der Waals surface area (Å²) in [7, 11) is -3.02. The first-order valence-corrected chi connectivity index (χ1v) is 8.07. The molecule has 0 saturated carbocycles. The smallest absolute Gasteiger partial charge is 0.243 e. The van der Waals surface area contributed by atoms with Crippen molar-refractivity contribution in [2.45, 2.75) is 11.4 Å². The molecule has 128 valence electrons. The Morgan fingerprint density at radius 3 is 2.50 bits per heavy atom. The molecule has 6 nitrogen and oxygen atoms in total. The number of methoxy groups -OCH3 is 1. The fourth-order valence-electron chi connectivity index (χ4n) is 2.03. The highest BCUT2D eigenvalue weighted by Crippen LogP contribution is 2.22. The zero-order chi connectivity index (χ0) is 17.9. The number of hydrogen-bond donors (Lipinski definition) is 1. The van der Waals surface area contributed by atoms with Crippen molar-refractivity contribution in [3.63, 3.8) is 0 Å². The minimum atomic E-state index is -4.43. The van der Waals surface area contributed by atoms with Gasteiger partial charge in [-0.3, -0.25) is 0 Å². The van der Waals surface area contributed by atoms with Gasteiger partial charge in [0.2, 0.25) is 10.0 Å². The highest BCUT2D eigenvalue weighted by atomic mass is 32.2. The van der Waals surface area contributed by atoms with Crippen LogP contribution in [0, 0.1) is 11.6 Å². The molecule has 0 aromatic heterocycles. The van der Waals surface area contributed by atoms with E-state index in [2.05, 4.69) is 4.72 Å². The second kappa shape index (κ2) is 6.93. The van der Waals surface area contributed by atoms with Crippen LogP contribution in [0.25, 0.3) is 0 Å². The predicted molar refractivity (Wildman–Crippen MR) is 77.7 cm³/mol. The van der Waals surface area contributed by atoms with E-state index in [1.165, 1.54) is 7.11 Å². The predicted octanol–water partition coefficient (Wildman–Crippen LogP) is 0.815. The first-order valence-electron chi connectivity index (χ1n) is 6.59. The normalized spacial score (nSPS) is 11.3. The molecular weight excluding hydrogens is 344 g/mol. The third-order valence-electron chi connectivity index (χ3n) is 3.19. The van der Waals surface area contributed by atoms with E-state index in [4.69, 9.17) is 4.74 Å². The largest absolute Gasteiger partial charge is 0.545 e. The number of carbonyl (C=O) groups excluding carboxylic acids is 1. The molecule has 0 unspecified atom stereocenters. The summed E-state index contributed by atoms with van der Waals surface area (Å²) in [5.74, 6) is -4.87. The third kappa shape index (κ3) is 3.52. The Hall–Kier alpha value is -2.52. The van der Waals surface area contributed by atoms with Crippen molar-refractivity contribution >= 4 is 16.0 Å². The lowest BCUT2D eigenvalue weighted by molar-refractivity contribution is -0.255. The maximum absolute atomic E-state index is 14.0. The van der Waals surface area contributed by atoms with Gasteiger partial charge >= 0.3 is 0 Å². The number of ether oxygens (including phenoxy) is 1. The average Bonchev–Trinajstić information content (AvgIpc) is 2.52. The van der Waals surface area contributed by atoms with E-state index in [1.807, 2.05) is 0 Å². The van der Waals surface area contributed by atoms with Gasteiger partial charge in [0.25, 0.3) is 0 Å². The Morgan fingerprint density at radius 2 is 1.88 bits per heavy atom. The number of sulfonamides is 1. The van der Waals surface area contributed by atoms with Crippen molar-refractivity contribution < 1.29 is 31.8 Å². The number of aromatic carboxylic acids is 1. The molecule has 0 aliphatic rings. The second-order valence-corrected chi connectivity index (χ2v) is 6.39. The number of para-hydroxylation sites is 1. The lowest BCUT2D eigenvalue weighted by Gasteiger charge is -2.13. The lowest BCUT2D eigenvalue weighted by atomic mass is 10.2. The molecule has 2 rings (SSSR count). The summed E-state index contributed by atoms with van der Waals surface area (Å²) in [6.07, 6.45) is 0. The van der Waals surface area contributed by atoms with Crippen LogP contribution < -0.4 is 14.6 Å². The lowest BCUT2D eigenvalue weighted by Crippen LogP contribution is -2.28. The van der Waals surface area contributed by atoms with Crippen molar-refractivity contribution in [3.05, 3.63) is 59.2 Å². The van der Waals surface area contributed by atoms with Gasteiger partial charge in [0.1, 0.15) is 16.5 Å². The van der Waals surface area contributed by atoms with Gasteiger partial charge in [-0.05, 0) is 18.2 Å². The van der Waals surface area contributed by atoms with Gasteiger partial charge in [0.05, 0.1) is 18.6 Å². The summed E-state index contributed by atoms with van der Waals surface area (Å²) in [4.78, 5) is 9.77. The molecule has 1 N–H and O–H groups in total. The number of carboxylic acid groups (broad SMARTS) is 1. The topological polar surface area (TPSA) is 95.5 Å². The number of benzene rings is 2. The van der Waals surface area contributed by atoms with Crippen LogP contribution >= 0.6 is 0 Å². The van der Waals surface area contributed by atoms with Crippen molar-refractivity contribution in [2.75, 3.05) is 7.11 Å². The Kier molecular flexibility index (Phi) is 5.15. The summed E-state index contributed by atoms with van der Waals surface area (Å²) in [6, 6.07) is 7.72. The molecule has 0 aliphatic carbocycles.